The standard InChI is InChI=1S/C5H13NO3S2/c1-6(2)10-4-3-5-11(7,8)9/h3-5H2,1-2H3,(H,7,8,9). The summed E-state index contributed by atoms with van der Waals surface area (Å²) in [5, 5.41) is 0. The molecule has 0 aliphatic heterocycles. The van der Waals surface area contributed by atoms with Gasteiger partial charge in [-0.3, -0.25) is 8.86 Å². The first kappa shape index (κ1) is 11.2. The van der Waals surface area contributed by atoms with E-state index in [9.17, 15) is 8.42 Å². The fourth-order valence-corrected chi connectivity index (χ4v) is 1.82. The number of nitrogens with zero attached hydrogens (tertiary/aromatic N) is 1. The second kappa shape index (κ2) is 4.97. The van der Waals surface area contributed by atoms with Crippen molar-refractivity contribution < 1.29 is 13.0 Å². The first-order valence-corrected chi connectivity index (χ1v) is 5.72. The molecule has 0 saturated carbocycles. The lowest BCUT2D eigenvalue weighted by atomic mass is 10.6. The lowest BCUT2D eigenvalue weighted by Gasteiger charge is -2.06. The molecule has 0 amide bonds. The minimum Gasteiger partial charge on any atom is -0.286 e. The van der Waals surface area contributed by atoms with Crippen molar-refractivity contribution in [2.24, 2.45) is 0 Å². The highest BCUT2D eigenvalue weighted by atomic mass is 32.2. The van der Waals surface area contributed by atoms with Crippen LogP contribution >= 0.6 is 11.9 Å². The molecule has 0 aromatic rings. The molecule has 0 rings (SSSR count). The van der Waals surface area contributed by atoms with Gasteiger partial charge in [0, 0.05) is 5.75 Å². The Balaban J connectivity index is 3.30. The van der Waals surface area contributed by atoms with E-state index in [0.29, 0.717) is 12.2 Å². The fraction of sp³-hybridized carbons (Fsp3) is 1.00. The summed E-state index contributed by atoms with van der Waals surface area (Å²) in [6, 6.07) is 0. The highest BCUT2D eigenvalue weighted by molar-refractivity contribution is 7.97. The SMILES string of the molecule is CN(C)SCCCS(=O)(=O)O. The molecular formula is C5H13NO3S2. The first-order valence-electron chi connectivity index (χ1n) is 3.17. The minimum atomic E-state index is -3.75. The van der Waals surface area contributed by atoms with E-state index in [-0.39, 0.29) is 5.75 Å². The predicted octanol–water partition coefficient (Wildman–Crippen LogP) is 0.474. The van der Waals surface area contributed by atoms with Gasteiger partial charge in [0.15, 0.2) is 0 Å². The van der Waals surface area contributed by atoms with Crippen LogP contribution in [0.4, 0.5) is 0 Å². The Morgan fingerprint density at radius 1 is 1.45 bits per heavy atom. The summed E-state index contributed by atoms with van der Waals surface area (Å²) < 4.78 is 30.6. The largest absolute Gasteiger partial charge is 0.286 e. The maximum absolute atomic E-state index is 10.2. The number of hydrogen-bond acceptors (Lipinski definition) is 4. The van der Waals surface area contributed by atoms with Gasteiger partial charge in [0.2, 0.25) is 0 Å². The summed E-state index contributed by atoms with van der Waals surface area (Å²) in [7, 11) is 0.0201. The molecule has 0 atom stereocenters. The summed E-state index contributed by atoms with van der Waals surface area (Å²) >= 11 is 1.53. The van der Waals surface area contributed by atoms with Gasteiger partial charge in [0.1, 0.15) is 0 Å². The molecule has 11 heavy (non-hydrogen) atoms. The van der Waals surface area contributed by atoms with Crippen LogP contribution in [-0.4, -0.2) is 42.9 Å². The molecule has 0 bridgehead atoms. The lowest BCUT2D eigenvalue weighted by Crippen LogP contribution is -2.07. The van der Waals surface area contributed by atoms with Crippen LogP contribution in [0.2, 0.25) is 0 Å². The molecule has 1 N–H and O–H groups in total. The molecule has 0 fully saturated rings. The Hall–Kier alpha value is 0.220. The summed E-state index contributed by atoms with van der Waals surface area (Å²) in [4.78, 5) is 0. The maximum atomic E-state index is 10.2. The van der Waals surface area contributed by atoms with Crippen molar-refractivity contribution in [2.75, 3.05) is 25.6 Å². The molecule has 0 saturated heterocycles. The van der Waals surface area contributed by atoms with E-state index in [0.717, 1.165) is 0 Å². The summed E-state index contributed by atoms with van der Waals surface area (Å²) in [5.41, 5.74) is 0. The molecule has 0 heterocycles. The van der Waals surface area contributed by atoms with E-state index < -0.39 is 10.1 Å². The monoisotopic (exact) mass is 199 g/mol. The first-order chi connectivity index (χ1) is 4.92. The average Bonchev–Trinajstić information content (AvgIpc) is 1.78. The molecule has 0 aromatic heterocycles. The van der Waals surface area contributed by atoms with Crippen molar-refractivity contribution in [3.05, 3.63) is 0 Å². The zero-order valence-electron chi connectivity index (χ0n) is 6.65. The van der Waals surface area contributed by atoms with Crippen LogP contribution < -0.4 is 0 Å². The van der Waals surface area contributed by atoms with Crippen molar-refractivity contribution in [1.82, 2.24) is 4.31 Å². The minimum absolute atomic E-state index is 0.145. The van der Waals surface area contributed by atoms with E-state index in [4.69, 9.17) is 4.55 Å². The van der Waals surface area contributed by atoms with Crippen molar-refractivity contribution in [1.29, 1.82) is 0 Å². The average molecular weight is 199 g/mol. The zero-order chi connectivity index (χ0) is 8.91. The van der Waals surface area contributed by atoms with Gasteiger partial charge in [0.05, 0.1) is 5.75 Å². The molecule has 4 nitrogen and oxygen atoms in total. The highest BCUT2D eigenvalue weighted by Crippen LogP contribution is 2.05. The van der Waals surface area contributed by atoms with Gasteiger partial charge in [-0.15, -0.1) is 0 Å². The van der Waals surface area contributed by atoms with Crippen LogP contribution in [0.25, 0.3) is 0 Å². The Morgan fingerprint density at radius 2 is 2.00 bits per heavy atom. The lowest BCUT2D eigenvalue weighted by molar-refractivity contribution is 0.482. The van der Waals surface area contributed by atoms with E-state index in [2.05, 4.69) is 0 Å². The van der Waals surface area contributed by atoms with Gasteiger partial charge in [-0.1, -0.05) is 11.9 Å². The van der Waals surface area contributed by atoms with Gasteiger partial charge in [-0.25, -0.2) is 0 Å². The maximum Gasteiger partial charge on any atom is 0.264 e. The molecular weight excluding hydrogens is 186 g/mol. The van der Waals surface area contributed by atoms with Crippen LogP contribution in [0.1, 0.15) is 6.42 Å². The molecule has 0 aromatic carbocycles. The Labute approximate surface area is 71.8 Å². The van der Waals surface area contributed by atoms with Crippen LogP contribution in [0.5, 0.6) is 0 Å². The third-order valence-corrected chi connectivity index (χ3v) is 2.69. The highest BCUT2D eigenvalue weighted by Gasteiger charge is 2.03. The van der Waals surface area contributed by atoms with E-state index in [1.165, 1.54) is 11.9 Å². The third kappa shape index (κ3) is 10.2. The summed E-state index contributed by atoms with van der Waals surface area (Å²) in [6.45, 7) is 0. The third-order valence-electron chi connectivity index (χ3n) is 0.896. The molecule has 68 valence electrons. The molecule has 0 aliphatic rings. The van der Waals surface area contributed by atoms with Crippen LogP contribution in [-0.2, 0) is 10.1 Å². The Morgan fingerprint density at radius 3 is 2.36 bits per heavy atom. The molecule has 0 spiro atoms. The van der Waals surface area contributed by atoms with Gasteiger partial charge in [-0.05, 0) is 20.5 Å². The topological polar surface area (TPSA) is 57.6 Å². The number of hydrogen-bond donors (Lipinski definition) is 1. The van der Waals surface area contributed by atoms with Gasteiger partial charge >= 0.3 is 0 Å². The zero-order valence-corrected chi connectivity index (χ0v) is 8.28. The van der Waals surface area contributed by atoms with Crippen molar-refractivity contribution in [3.8, 4) is 0 Å². The second-order valence-electron chi connectivity index (χ2n) is 2.29. The Kier molecular flexibility index (Phi) is 5.07. The number of rotatable bonds is 5. The van der Waals surface area contributed by atoms with Crippen LogP contribution in [0.15, 0.2) is 0 Å². The molecule has 0 aliphatic carbocycles. The van der Waals surface area contributed by atoms with Crippen LogP contribution in [0.3, 0.4) is 0 Å². The Bertz CT molecular complexity index is 188. The van der Waals surface area contributed by atoms with Gasteiger partial charge in [-0.2, -0.15) is 8.42 Å². The van der Waals surface area contributed by atoms with E-state index in [1.807, 2.05) is 18.4 Å². The van der Waals surface area contributed by atoms with Gasteiger partial charge < -0.3 is 0 Å². The molecule has 0 unspecified atom stereocenters. The van der Waals surface area contributed by atoms with E-state index in [1.54, 1.807) is 0 Å². The summed E-state index contributed by atoms with van der Waals surface area (Å²) in [5.74, 6) is 0.570. The summed E-state index contributed by atoms with van der Waals surface area (Å²) in [6.07, 6.45) is 0.488. The molecule has 0 radical (unpaired) electrons. The van der Waals surface area contributed by atoms with Crippen molar-refractivity contribution >= 4 is 22.1 Å². The predicted molar refractivity (Wildman–Crippen MR) is 47.2 cm³/mol. The van der Waals surface area contributed by atoms with Crippen LogP contribution in [0, 0.1) is 0 Å². The fourth-order valence-electron chi connectivity index (χ4n) is 0.488. The quantitative estimate of drug-likeness (QED) is 0.396. The van der Waals surface area contributed by atoms with Crippen molar-refractivity contribution in [2.45, 2.75) is 6.42 Å². The normalized spacial score (nSPS) is 12.4. The molecule has 6 heteroatoms. The second-order valence-corrected chi connectivity index (χ2v) is 5.25. The van der Waals surface area contributed by atoms with Crippen molar-refractivity contribution in [3.63, 3.8) is 0 Å². The smallest absolute Gasteiger partial charge is 0.264 e. The van der Waals surface area contributed by atoms with Gasteiger partial charge in [0.25, 0.3) is 10.1 Å². The van der Waals surface area contributed by atoms with E-state index >= 15 is 0 Å².